The van der Waals surface area contributed by atoms with E-state index in [4.69, 9.17) is 0 Å². The maximum Gasteiger partial charge on any atom is 0.0849 e. The summed E-state index contributed by atoms with van der Waals surface area (Å²) in [7, 11) is 0. The summed E-state index contributed by atoms with van der Waals surface area (Å²) in [5.74, 6) is 1.49. The molecule has 5 aliphatic carbocycles. The Hall–Kier alpha value is -0.200. The summed E-state index contributed by atoms with van der Waals surface area (Å²) < 4.78 is 0. The Morgan fingerprint density at radius 2 is 1.51 bits per heavy atom. The van der Waals surface area contributed by atoms with E-state index in [2.05, 4.69) is 27.7 Å². The maximum atomic E-state index is 11.5. The van der Waals surface area contributed by atoms with E-state index in [-0.39, 0.29) is 46.2 Å². The molecule has 35 heavy (non-hydrogen) atoms. The monoisotopic (exact) mass is 492 g/mol. The van der Waals surface area contributed by atoms with Gasteiger partial charge in [-0.1, -0.05) is 27.7 Å². The Bertz CT molecular complexity index is 839. The summed E-state index contributed by atoms with van der Waals surface area (Å²) in [6.07, 6.45) is 8.47. The zero-order valence-corrected chi connectivity index (χ0v) is 23.1. The maximum absolute atomic E-state index is 11.5. The normalized spacial score (nSPS) is 54.8. The summed E-state index contributed by atoms with van der Waals surface area (Å²) in [4.78, 5) is 0. The molecule has 0 radical (unpaired) electrons. The fraction of sp³-hybridized carbons (Fsp3) is 1.00. The minimum atomic E-state index is -1.10. The van der Waals surface area contributed by atoms with Crippen LogP contribution >= 0.6 is 0 Å². The quantitative estimate of drug-likeness (QED) is 0.381. The van der Waals surface area contributed by atoms with Crippen LogP contribution in [0.2, 0.25) is 0 Å². The van der Waals surface area contributed by atoms with Gasteiger partial charge in [0.25, 0.3) is 0 Å². The van der Waals surface area contributed by atoms with Gasteiger partial charge in [-0.05, 0) is 123 Å². The van der Waals surface area contributed by atoms with Crippen molar-refractivity contribution >= 4 is 0 Å². The van der Waals surface area contributed by atoms with Crippen LogP contribution in [-0.4, -0.2) is 56.1 Å². The molecule has 0 unspecified atom stereocenters. The predicted molar refractivity (Wildman–Crippen MR) is 136 cm³/mol. The Kier molecular flexibility index (Phi) is 5.97. The van der Waals surface area contributed by atoms with Crippen LogP contribution in [0.15, 0.2) is 0 Å². The van der Waals surface area contributed by atoms with Crippen LogP contribution in [-0.2, 0) is 0 Å². The van der Waals surface area contributed by atoms with E-state index in [1.54, 1.807) is 13.8 Å². The smallest absolute Gasteiger partial charge is 0.0849 e. The zero-order chi connectivity index (χ0) is 25.8. The van der Waals surface area contributed by atoms with E-state index >= 15 is 0 Å². The van der Waals surface area contributed by atoms with E-state index in [0.717, 1.165) is 44.9 Å². The molecule has 0 saturated heterocycles. The van der Waals surface area contributed by atoms with Crippen molar-refractivity contribution < 1.29 is 25.5 Å². The summed E-state index contributed by atoms with van der Waals surface area (Å²) >= 11 is 0. The number of rotatable bonds is 6. The number of aliphatic hydroxyl groups is 5. The predicted octanol–water partition coefficient (Wildman–Crippen LogP) is 4.28. The van der Waals surface area contributed by atoms with Gasteiger partial charge in [-0.3, -0.25) is 0 Å². The van der Waals surface area contributed by atoms with Crippen molar-refractivity contribution in [3.8, 4) is 0 Å². The number of hydrogen-bond donors (Lipinski definition) is 5. The Labute approximate surface area is 212 Å². The van der Waals surface area contributed by atoms with Crippen molar-refractivity contribution in [2.45, 2.75) is 130 Å². The number of hydrogen-bond acceptors (Lipinski definition) is 5. The van der Waals surface area contributed by atoms with Crippen molar-refractivity contribution in [1.29, 1.82) is 0 Å². The first-order valence-corrected chi connectivity index (χ1v) is 14.5. The van der Waals surface area contributed by atoms with E-state index in [9.17, 15) is 25.5 Å². The lowest BCUT2D eigenvalue weighted by Crippen LogP contribution is -2.59. The van der Waals surface area contributed by atoms with Gasteiger partial charge in [-0.25, -0.2) is 0 Å². The topological polar surface area (TPSA) is 101 Å². The summed E-state index contributed by atoms with van der Waals surface area (Å²) in [6.45, 7) is 12.7. The van der Waals surface area contributed by atoms with Crippen molar-refractivity contribution in [2.75, 3.05) is 6.61 Å². The minimum Gasteiger partial charge on any atom is -0.396 e. The highest BCUT2D eigenvalue weighted by Crippen LogP contribution is 2.89. The molecule has 5 fully saturated rings. The largest absolute Gasteiger partial charge is 0.396 e. The molecule has 0 aromatic carbocycles. The van der Waals surface area contributed by atoms with Crippen LogP contribution in [0.1, 0.15) is 106 Å². The van der Waals surface area contributed by atoms with Gasteiger partial charge in [0.1, 0.15) is 0 Å². The molecule has 5 aliphatic rings. The molecule has 5 heteroatoms. The van der Waals surface area contributed by atoms with Gasteiger partial charge in [0, 0.05) is 5.41 Å². The minimum absolute atomic E-state index is 0.0620. The van der Waals surface area contributed by atoms with Gasteiger partial charge in [-0.2, -0.15) is 0 Å². The lowest BCUT2D eigenvalue weighted by molar-refractivity contribution is -0.175. The molecule has 5 saturated carbocycles. The highest BCUT2D eigenvalue weighted by molar-refractivity contribution is 5.31. The Morgan fingerprint density at radius 3 is 2.14 bits per heavy atom. The van der Waals surface area contributed by atoms with Crippen molar-refractivity contribution in [1.82, 2.24) is 0 Å². The fourth-order valence-electron chi connectivity index (χ4n) is 11.5. The molecule has 12 atom stereocenters. The first-order valence-electron chi connectivity index (χ1n) is 14.5. The van der Waals surface area contributed by atoms with Crippen LogP contribution in [0.4, 0.5) is 0 Å². The zero-order valence-electron chi connectivity index (χ0n) is 23.1. The van der Waals surface area contributed by atoms with E-state index in [1.807, 2.05) is 0 Å². The van der Waals surface area contributed by atoms with Crippen LogP contribution in [0, 0.1) is 50.7 Å². The van der Waals surface area contributed by atoms with Gasteiger partial charge in [0.05, 0.1) is 30.5 Å². The van der Waals surface area contributed by atoms with Gasteiger partial charge in [-0.15, -0.1) is 0 Å². The molecule has 5 rings (SSSR count). The molecule has 0 bridgehead atoms. The molecule has 0 aromatic rings. The second-order valence-corrected chi connectivity index (χ2v) is 15.2. The van der Waals surface area contributed by atoms with Gasteiger partial charge >= 0.3 is 0 Å². The summed E-state index contributed by atoms with van der Waals surface area (Å²) in [5, 5.41) is 53.4. The molecule has 5 nitrogen and oxygen atoms in total. The van der Waals surface area contributed by atoms with Gasteiger partial charge in [0.15, 0.2) is 0 Å². The molecule has 5 N–H and O–H groups in total. The molecule has 0 heterocycles. The second-order valence-electron chi connectivity index (χ2n) is 15.2. The van der Waals surface area contributed by atoms with Crippen LogP contribution in [0.5, 0.6) is 0 Å². The highest BCUT2D eigenvalue weighted by atomic mass is 16.3. The first-order chi connectivity index (χ1) is 16.1. The SMILES string of the molecule is C[C@H](CC[C@H](O)C(C)(C)O)[C@H]1[C@@H](O)C[C@@]2(C)[C@@H]3CC[C@H]4[C@@](C)(CO)[C@@H](O)CC[C@@]45C[C@@]35CC[C@]12C. The third-order valence-corrected chi connectivity index (χ3v) is 13.6. The van der Waals surface area contributed by atoms with Crippen molar-refractivity contribution in [3.05, 3.63) is 0 Å². The van der Waals surface area contributed by atoms with Crippen LogP contribution in [0.25, 0.3) is 0 Å². The van der Waals surface area contributed by atoms with Crippen molar-refractivity contribution in [3.63, 3.8) is 0 Å². The highest BCUT2D eigenvalue weighted by Gasteiger charge is 2.83. The lowest BCUT2D eigenvalue weighted by Gasteiger charge is -2.63. The Morgan fingerprint density at radius 1 is 0.886 bits per heavy atom. The molecule has 0 aromatic heterocycles. The molecule has 202 valence electrons. The molecular formula is C30H52O5. The van der Waals surface area contributed by atoms with Crippen molar-refractivity contribution in [2.24, 2.45) is 50.7 Å². The van der Waals surface area contributed by atoms with E-state index in [0.29, 0.717) is 23.7 Å². The molecular weight excluding hydrogens is 440 g/mol. The average Bonchev–Trinajstić information content (AvgIpc) is 3.39. The van der Waals surface area contributed by atoms with E-state index < -0.39 is 17.8 Å². The Balaban J connectivity index is 1.41. The van der Waals surface area contributed by atoms with Crippen LogP contribution in [0.3, 0.4) is 0 Å². The summed E-state index contributed by atoms with van der Waals surface area (Å²) in [6, 6.07) is 0. The average molecular weight is 493 g/mol. The second kappa shape index (κ2) is 7.91. The lowest BCUT2D eigenvalue weighted by atomic mass is 9.41. The third-order valence-electron chi connectivity index (χ3n) is 13.6. The molecule has 0 amide bonds. The standard InChI is InChI=1S/C30H52O5/c1-18(7-10-22(33)25(2,3)35)24-19(32)15-28(6)21-9-8-20-26(4,17-31)23(34)11-12-29(20)16-30(21,29)14-13-27(24,28)5/h18-24,31-35H,7-17H2,1-6H3/t18-,19+,20+,21+,22+,23+,24+,26-,27-,28+,29-,30+/m1/s1. The molecule has 2 spiro atoms. The first kappa shape index (κ1) is 26.4. The summed E-state index contributed by atoms with van der Waals surface area (Å²) in [5.41, 5.74) is -0.760. The number of aliphatic hydroxyl groups excluding tert-OH is 4. The number of fused-ring (bicyclic) bond motifs is 2. The third kappa shape index (κ3) is 3.23. The van der Waals surface area contributed by atoms with Gasteiger partial charge < -0.3 is 25.5 Å². The van der Waals surface area contributed by atoms with Gasteiger partial charge in [0.2, 0.25) is 0 Å². The molecule has 0 aliphatic heterocycles. The fourth-order valence-corrected chi connectivity index (χ4v) is 11.5. The van der Waals surface area contributed by atoms with Crippen LogP contribution < -0.4 is 0 Å². The van der Waals surface area contributed by atoms with E-state index in [1.165, 1.54) is 12.8 Å².